The molecular formula is C42H51ClN4O12. The zero-order valence-electron chi connectivity index (χ0n) is 33.0. The van der Waals surface area contributed by atoms with E-state index in [-0.39, 0.29) is 11.7 Å². The number of aromatic nitrogens is 3. The van der Waals surface area contributed by atoms with Crippen molar-refractivity contribution in [2.75, 3.05) is 26.8 Å². The summed E-state index contributed by atoms with van der Waals surface area (Å²) in [4.78, 5) is 33.9. The van der Waals surface area contributed by atoms with Crippen molar-refractivity contribution in [2.45, 2.75) is 113 Å². The first-order valence-electron chi connectivity index (χ1n) is 20.0. The van der Waals surface area contributed by atoms with Gasteiger partial charge in [0.25, 0.3) is 5.79 Å². The van der Waals surface area contributed by atoms with Crippen LogP contribution < -0.4 is 9.47 Å². The van der Waals surface area contributed by atoms with Crippen LogP contribution in [0.2, 0.25) is 5.02 Å². The molecule has 5 N–H and O–H groups in total. The number of aliphatic hydroxyl groups excluding tert-OH is 3. The van der Waals surface area contributed by atoms with Gasteiger partial charge in [-0.15, -0.1) is 0 Å². The number of benzene rings is 2. The van der Waals surface area contributed by atoms with E-state index < -0.39 is 48.4 Å². The Balaban J connectivity index is 0.000000243. The lowest BCUT2D eigenvalue weighted by molar-refractivity contribution is -0.287. The summed E-state index contributed by atoms with van der Waals surface area (Å²) in [5.41, 5.74) is 3.76. The van der Waals surface area contributed by atoms with Crippen LogP contribution in [-0.2, 0) is 37.9 Å². The van der Waals surface area contributed by atoms with Gasteiger partial charge in [0.05, 0.1) is 40.8 Å². The maximum Gasteiger partial charge on any atom is 0.335 e. The number of hydrogen-bond donors (Lipinski definition) is 5. The number of aliphatic hydroxyl groups is 3. The topological polar surface area (TPSA) is 215 Å². The van der Waals surface area contributed by atoms with E-state index in [4.69, 9.17) is 40.6 Å². The standard InChI is InChI=1S/C31H31ClN4O5.C7H12O7.C4H8/c1-31(27-8-6-21(32)16-33-27)40-26-4-2-3-23(29(26)41-31)19-9-12-35(13-10-19)18-28-34-24-7-5-20(30(37)38)15-25(24)36(28)17-22-11-14-39-22;1-13-7-4(10)2(8)3(9)5(14-7)6(11)12;1-2-4-3-1/h2-8,15-16,19,22H,9-14,17-18H2,1H3,(H,37,38);2-5,7-10H,1H3,(H,11,12);1-4H2/t22-,31-;2-,3-,4+,5-,7+;/m00./s1. The fourth-order valence-corrected chi connectivity index (χ4v) is 7.69. The van der Waals surface area contributed by atoms with Crippen molar-refractivity contribution in [1.29, 1.82) is 0 Å². The Morgan fingerprint density at radius 3 is 2.27 bits per heavy atom. The van der Waals surface area contributed by atoms with Crippen LogP contribution in [0.25, 0.3) is 11.0 Å². The summed E-state index contributed by atoms with van der Waals surface area (Å²) in [6.45, 7) is 5.86. The van der Waals surface area contributed by atoms with Crippen LogP contribution in [-0.4, -0.2) is 121 Å². The summed E-state index contributed by atoms with van der Waals surface area (Å²) in [7, 11) is 1.19. The van der Waals surface area contributed by atoms with Gasteiger partial charge in [0.1, 0.15) is 29.8 Å². The number of rotatable bonds is 9. The smallest absolute Gasteiger partial charge is 0.335 e. The number of piperidine rings is 1. The Morgan fingerprint density at radius 1 is 0.949 bits per heavy atom. The summed E-state index contributed by atoms with van der Waals surface area (Å²) < 4.78 is 29.9. The third kappa shape index (κ3) is 9.50. The molecule has 59 heavy (non-hydrogen) atoms. The molecule has 3 saturated heterocycles. The minimum absolute atomic E-state index is 0.140. The molecule has 5 aliphatic rings. The van der Waals surface area contributed by atoms with Crippen LogP contribution in [0.15, 0.2) is 54.7 Å². The summed E-state index contributed by atoms with van der Waals surface area (Å²) in [6.07, 6.45) is 3.11. The van der Waals surface area contributed by atoms with Gasteiger partial charge < -0.3 is 53.8 Å². The van der Waals surface area contributed by atoms with E-state index in [2.05, 4.69) is 25.3 Å². The van der Waals surface area contributed by atoms with Gasteiger partial charge in [-0.05, 0) is 74.7 Å². The van der Waals surface area contributed by atoms with Gasteiger partial charge in [0.2, 0.25) is 0 Å². The number of carboxylic acids is 2. The largest absolute Gasteiger partial charge is 0.479 e. The fraction of sp³-hybridized carbons (Fsp3) is 0.524. The third-order valence-corrected chi connectivity index (χ3v) is 11.7. The number of hydrogen-bond acceptors (Lipinski definition) is 13. The molecule has 4 fully saturated rings. The van der Waals surface area contributed by atoms with Crippen LogP contribution in [0, 0.1) is 0 Å². The first-order valence-corrected chi connectivity index (χ1v) is 20.4. The maximum absolute atomic E-state index is 11.6. The van der Waals surface area contributed by atoms with E-state index in [1.165, 1.54) is 32.8 Å². The Labute approximate surface area is 346 Å². The van der Waals surface area contributed by atoms with Crippen LogP contribution in [0.1, 0.15) is 85.2 Å². The molecule has 2 aromatic heterocycles. The number of fused-ring (bicyclic) bond motifs is 2. The molecule has 0 unspecified atom stereocenters. The Bertz CT molecular complexity index is 2080. The number of ether oxygens (including phenoxy) is 5. The van der Waals surface area contributed by atoms with Gasteiger partial charge in [0.15, 0.2) is 23.9 Å². The molecule has 9 rings (SSSR count). The first-order chi connectivity index (χ1) is 28.3. The first kappa shape index (κ1) is 42.7. The number of imidazole rings is 1. The van der Waals surface area contributed by atoms with E-state index in [0.717, 1.165) is 72.9 Å². The van der Waals surface area contributed by atoms with Gasteiger partial charge >= 0.3 is 11.9 Å². The molecule has 2 aromatic carbocycles. The quantitative estimate of drug-likeness (QED) is 0.155. The monoisotopic (exact) mass is 838 g/mol. The number of carboxylic acid groups (broad SMARTS) is 2. The second-order valence-corrected chi connectivity index (χ2v) is 16.0. The maximum atomic E-state index is 11.6. The third-order valence-electron chi connectivity index (χ3n) is 11.5. The minimum atomic E-state index is -1.67. The summed E-state index contributed by atoms with van der Waals surface area (Å²) in [5.74, 6) is -0.558. The number of likely N-dealkylation sites (tertiary alicyclic amines) is 1. The molecule has 17 heteroatoms. The van der Waals surface area contributed by atoms with Crippen molar-refractivity contribution in [3.8, 4) is 11.5 Å². The lowest BCUT2D eigenvalue weighted by atomic mass is 9.88. The van der Waals surface area contributed by atoms with Gasteiger partial charge in [0, 0.05) is 32.4 Å². The number of halogens is 1. The molecule has 1 aliphatic carbocycles. The van der Waals surface area contributed by atoms with Crippen molar-refractivity contribution >= 4 is 34.6 Å². The number of para-hydroxylation sites is 1. The van der Waals surface area contributed by atoms with Gasteiger partial charge in [-0.2, -0.15) is 0 Å². The molecule has 4 aliphatic heterocycles. The summed E-state index contributed by atoms with van der Waals surface area (Å²) in [5, 5.41) is 46.4. The number of nitrogens with zero attached hydrogens (tertiary/aromatic N) is 4. The second kappa shape index (κ2) is 18.5. The molecule has 1 saturated carbocycles. The van der Waals surface area contributed by atoms with E-state index in [1.807, 2.05) is 25.1 Å². The predicted molar refractivity (Wildman–Crippen MR) is 212 cm³/mol. The Morgan fingerprint density at radius 2 is 1.68 bits per heavy atom. The van der Waals surface area contributed by atoms with E-state index in [9.17, 15) is 30.0 Å². The van der Waals surface area contributed by atoms with Gasteiger partial charge in [-0.25, -0.2) is 14.6 Å². The zero-order valence-corrected chi connectivity index (χ0v) is 33.7. The van der Waals surface area contributed by atoms with E-state index in [0.29, 0.717) is 29.7 Å². The molecule has 0 spiro atoms. The number of carbonyl (C=O) groups is 2. The Kier molecular flexibility index (Phi) is 13.4. The number of aromatic carboxylic acids is 1. The highest BCUT2D eigenvalue weighted by Crippen LogP contribution is 2.49. The van der Waals surface area contributed by atoms with Crippen molar-refractivity contribution in [2.24, 2.45) is 0 Å². The highest BCUT2D eigenvalue weighted by Gasteiger charge is 2.47. The van der Waals surface area contributed by atoms with Crippen LogP contribution >= 0.6 is 11.6 Å². The minimum Gasteiger partial charge on any atom is -0.479 e. The van der Waals surface area contributed by atoms with Crippen molar-refractivity contribution in [3.63, 3.8) is 0 Å². The number of pyridine rings is 1. The average molecular weight is 839 g/mol. The van der Waals surface area contributed by atoms with Crippen molar-refractivity contribution in [3.05, 3.63) is 82.4 Å². The fourth-order valence-electron chi connectivity index (χ4n) is 7.58. The molecule has 7 atom stereocenters. The number of aliphatic carboxylic acids is 1. The molecule has 0 amide bonds. The molecule has 0 bridgehead atoms. The van der Waals surface area contributed by atoms with E-state index >= 15 is 0 Å². The SMILES string of the molecule is C1CCC1.CO[C@@H]1O[C@H](C(=O)O)[C@@H](O)[C@H](O)[C@H]1O.C[C@]1(c2ccc(Cl)cn2)Oc2cccc(C3CCN(Cc4nc5ccc(C(=O)O)cc5n4C[C@@H]4CCO4)CC3)c2O1. The van der Waals surface area contributed by atoms with Crippen molar-refractivity contribution < 1.29 is 58.8 Å². The van der Waals surface area contributed by atoms with Crippen molar-refractivity contribution in [1.82, 2.24) is 19.4 Å². The van der Waals surface area contributed by atoms with Crippen LogP contribution in [0.5, 0.6) is 11.5 Å². The highest BCUT2D eigenvalue weighted by atomic mass is 35.5. The van der Waals surface area contributed by atoms with Gasteiger partial charge in [-0.1, -0.05) is 49.4 Å². The predicted octanol–water partition coefficient (Wildman–Crippen LogP) is 4.68. The molecular weight excluding hydrogens is 788 g/mol. The number of methoxy groups -OCH3 is 1. The molecule has 318 valence electrons. The van der Waals surface area contributed by atoms with Gasteiger partial charge in [-0.3, -0.25) is 9.88 Å². The zero-order chi connectivity index (χ0) is 41.8. The van der Waals surface area contributed by atoms with E-state index in [1.54, 1.807) is 30.5 Å². The molecule has 16 nitrogen and oxygen atoms in total. The Hall–Kier alpha value is -4.39. The second-order valence-electron chi connectivity index (χ2n) is 15.6. The molecule has 0 radical (unpaired) electrons. The normalized spacial score (nSPS) is 27.7. The summed E-state index contributed by atoms with van der Waals surface area (Å²) in [6, 6.07) is 14.9. The lowest BCUT2D eigenvalue weighted by Crippen LogP contribution is -2.60. The lowest BCUT2D eigenvalue weighted by Gasteiger charge is -2.37. The van der Waals surface area contributed by atoms with Crippen LogP contribution in [0.4, 0.5) is 0 Å². The van der Waals surface area contributed by atoms with Crippen LogP contribution in [0.3, 0.4) is 0 Å². The average Bonchev–Trinajstić information content (AvgIpc) is 3.71. The molecule has 6 heterocycles. The molecule has 4 aromatic rings. The summed E-state index contributed by atoms with van der Waals surface area (Å²) >= 11 is 6.04. The highest BCUT2D eigenvalue weighted by molar-refractivity contribution is 6.30.